The summed E-state index contributed by atoms with van der Waals surface area (Å²) in [6.07, 6.45) is 0.569. The quantitative estimate of drug-likeness (QED) is 0.378. The van der Waals surface area contributed by atoms with Crippen molar-refractivity contribution in [3.63, 3.8) is 0 Å². The van der Waals surface area contributed by atoms with Crippen molar-refractivity contribution in [3.8, 4) is 11.5 Å². The lowest BCUT2D eigenvalue weighted by Crippen LogP contribution is -2.50. The van der Waals surface area contributed by atoms with Crippen molar-refractivity contribution < 1.29 is 24.5 Å². The second-order valence-corrected chi connectivity index (χ2v) is 7.42. The van der Waals surface area contributed by atoms with Crippen LogP contribution in [0.5, 0.6) is 11.5 Å². The summed E-state index contributed by atoms with van der Waals surface area (Å²) >= 11 is 0. The topological polar surface area (TPSA) is 122 Å². The molecule has 5 N–H and O–H groups in total. The van der Waals surface area contributed by atoms with Crippen LogP contribution in [0.4, 0.5) is 0 Å². The van der Waals surface area contributed by atoms with Crippen LogP contribution in [0.25, 0.3) is 0 Å². The summed E-state index contributed by atoms with van der Waals surface area (Å²) in [4.78, 5) is 25.1. The van der Waals surface area contributed by atoms with E-state index in [9.17, 15) is 19.8 Å². The maximum atomic E-state index is 12.7. The largest absolute Gasteiger partial charge is 0.504 e. The Hall–Kier alpha value is -3.06. The average molecular weight is 400 g/mol. The van der Waals surface area contributed by atoms with Crippen molar-refractivity contribution >= 4 is 11.9 Å². The molecule has 0 fully saturated rings. The number of nitrogens with two attached hydrogens (primary N) is 1. The molecule has 2 atom stereocenters. The van der Waals surface area contributed by atoms with Gasteiger partial charge in [-0.2, -0.15) is 0 Å². The summed E-state index contributed by atoms with van der Waals surface area (Å²) in [5, 5.41) is 21.8. The van der Waals surface area contributed by atoms with Gasteiger partial charge in [-0.15, -0.1) is 0 Å². The van der Waals surface area contributed by atoms with Crippen LogP contribution in [0.2, 0.25) is 0 Å². The highest BCUT2D eigenvalue weighted by Gasteiger charge is 2.26. The van der Waals surface area contributed by atoms with Crippen molar-refractivity contribution in [1.29, 1.82) is 0 Å². The number of benzene rings is 2. The van der Waals surface area contributed by atoms with Gasteiger partial charge < -0.3 is 26.0 Å². The van der Waals surface area contributed by atoms with Crippen molar-refractivity contribution in [2.45, 2.75) is 45.4 Å². The minimum atomic E-state index is -0.978. The van der Waals surface area contributed by atoms with Crippen LogP contribution < -0.4 is 11.1 Å². The zero-order valence-electron chi connectivity index (χ0n) is 16.7. The van der Waals surface area contributed by atoms with E-state index in [4.69, 9.17) is 10.5 Å². The van der Waals surface area contributed by atoms with Gasteiger partial charge >= 0.3 is 5.97 Å². The molecule has 0 unspecified atom stereocenters. The minimum absolute atomic E-state index is 0.0743. The fraction of sp³-hybridized carbons (Fsp3) is 0.364. The number of hydrogen-bond acceptors (Lipinski definition) is 6. The van der Waals surface area contributed by atoms with Gasteiger partial charge in [-0.3, -0.25) is 4.79 Å². The lowest BCUT2D eigenvalue weighted by molar-refractivity contribution is -0.149. The Kier molecular flexibility index (Phi) is 8.03. The van der Waals surface area contributed by atoms with Crippen LogP contribution in [-0.4, -0.2) is 34.2 Å². The second kappa shape index (κ2) is 10.5. The summed E-state index contributed by atoms with van der Waals surface area (Å²) in [6.45, 7) is 3.99. The molecule has 0 bridgehead atoms. The van der Waals surface area contributed by atoms with Gasteiger partial charge in [0.15, 0.2) is 11.5 Å². The number of phenols is 2. The lowest BCUT2D eigenvalue weighted by atomic mass is 10.0. The van der Waals surface area contributed by atoms with E-state index in [0.717, 1.165) is 5.56 Å². The second-order valence-electron chi connectivity index (χ2n) is 7.42. The van der Waals surface area contributed by atoms with Gasteiger partial charge in [0.05, 0.1) is 6.04 Å². The number of esters is 1. The van der Waals surface area contributed by atoms with Crippen molar-refractivity contribution in [2.75, 3.05) is 0 Å². The maximum absolute atomic E-state index is 12.7. The predicted octanol–water partition coefficient (Wildman–Crippen LogP) is 2.24. The molecule has 0 spiro atoms. The third-order valence-corrected chi connectivity index (χ3v) is 4.37. The summed E-state index contributed by atoms with van der Waals surface area (Å²) in [7, 11) is 0. The normalized spacial score (nSPS) is 13.0. The summed E-state index contributed by atoms with van der Waals surface area (Å²) in [5.74, 6) is -1.38. The monoisotopic (exact) mass is 400 g/mol. The highest BCUT2D eigenvalue weighted by atomic mass is 16.5. The van der Waals surface area contributed by atoms with Crippen molar-refractivity contribution in [2.24, 2.45) is 11.7 Å². The Labute approximate surface area is 170 Å². The Morgan fingerprint density at radius 1 is 1.03 bits per heavy atom. The van der Waals surface area contributed by atoms with Gasteiger partial charge in [-0.1, -0.05) is 50.2 Å². The van der Waals surface area contributed by atoms with E-state index < -0.39 is 24.0 Å². The highest BCUT2D eigenvalue weighted by Crippen LogP contribution is 2.25. The molecule has 7 heteroatoms. The molecule has 0 aliphatic heterocycles. The molecular weight excluding hydrogens is 372 g/mol. The molecule has 0 radical (unpaired) electrons. The molecule has 156 valence electrons. The summed E-state index contributed by atoms with van der Waals surface area (Å²) in [5.41, 5.74) is 7.31. The Balaban J connectivity index is 2.11. The fourth-order valence-electron chi connectivity index (χ4n) is 2.85. The summed E-state index contributed by atoms with van der Waals surface area (Å²) < 4.78 is 5.37. The molecule has 0 heterocycles. The number of hydrogen-bond donors (Lipinski definition) is 4. The summed E-state index contributed by atoms with van der Waals surface area (Å²) in [6, 6.07) is 11.7. The molecule has 1 amide bonds. The number of carbonyl (C=O) groups is 2. The number of aromatic hydroxyl groups is 2. The zero-order chi connectivity index (χ0) is 21.4. The van der Waals surface area contributed by atoms with Crippen LogP contribution >= 0.6 is 0 Å². The van der Waals surface area contributed by atoms with E-state index >= 15 is 0 Å². The molecule has 0 aromatic heterocycles. The minimum Gasteiger partial charge on any atom is -0.504 e. The number of carbonyl (C=O) groups excluding carboxylic acids is 2. The molecule has 0 saturated carbocycles. The van der Waals surface area contributed by atoms with Crippen molar-refractivity contribution in [3.05, 3.63) is 59.7 Å². The van der Waals surface area contributed by atoms with E-state index in [1.165, 1.54) is 12.1 Å². The Morgan fingerprint density at radius 2 is 1.72 bits per heavy atom. The van der Waals surface area contributed by atoms with E-state index in [-0.39, 0.29) is 30.4 Å². The molecule has 0 saturated heterocycles. The molecule has 2 aromatic rings. The lowest BCUT2D eigenvalue weighted by Gasteiger charge is -2.21. The van der Waals surface area contributed by atoms with E-state index in [2.05, 4.69) is 5.32 Å². The van der Waals surface area contributed by atoms with Crippen LogP contribution in [0.3, 0.4) is 0 Å². The highest BCUT2D eigenvalue weighted by molar-refractivity contribution is 5.87. The first-order valence-corrected chi connectivity index (χ1v) is 9.53. The molecule has 2 rings (SSSR count). The van der Waals surface area contributed by atoms with E-state index in [1.54, 1.807) is 6.07 Å². The first-order valence-electron chi connectivity index (χ1n) is 9.53. The van der Waals surface area contributed by atoms with Gasteiger partial charge in [0.2, 0.25) is 5.91 Å². The standard InChI is InChI=1S/C22H28N2O5/c1-14(2)10-17(23)21(27)24-18(11-16-8-9-19(25)20(26)12-16)22(28)29-13-15-6-4-3-5-7-15/h3-9,12,14,17-18,25-26H,10-11,13,23H2,1-2H3,(H,24,27)/t17-,18-/m0/s1. The number of amides is 1. The maximum Gasteiger partial charge on any atom is 0.329 e. The number of nitrogens with one attached hydrogen (secondary N) is 1. The molecule has 29 heavy (non-hydrogen) atoms. The van der Waals surface area contributed by atoms with E-state index in [0.29, 0.717) is 12.0 Å². The van der Waals surface area contributed by atoms with Crippen LogP contribution in [0.15, 0.2) is 48.5 Å². The van der Waals surface area contributed by atoms with Gasteiger partial charge in [0.1, 0.15) is 12.6 Å². The van der Waals surface area contributed by atoms with Crippen LogP contribution in [0.1, 0.15) is 31.4 Å². The number of phenolic OH excluding ortho intramolecular Hbond substituents is 2. The first-order chi connectivity index (χ1) is 13.8. The van der Waals surface area contributed by atoms with Crippen LogP contribution in [-0.2, 0) is 27.4 Å². The van der Waals surface area contributed by atoms with Gasteiger partial charge in [0, 0.05) is 6.42 Å². The predicted molar refractivity (Wildman–Crippen MR) is 109 cm³/mol. The smallest absolute Gasteiger partial charge is 0.329 e. The number of ether oxygens (including phenoxy) is 1. The number of rotatable bonds is 9. The average Bonchev–Trinajstić information content (AvgIpc) is 2.68. The zero-order valence-corrected chi connectivity index (χ0v) is 16.7. The van der Waals surface area contributed by atoms with Gasteiger partial charge in [-0.05, 0) is 35.6 Å². The third kappa shape index (κ3) is 7.12. The molecule has 0 aliphatic carbocycles. The molecule has 2 aromatic carbocycles. The SMILES string of the molecule is CC(C)C[C@H](N)C(=O)N[C@@H](Cc1ccc(O)c(O)c1)C(=O)OCc1ccccc1. The molecular formula is C22H28N2O5. The van der Waals surface area contributed by atoms with Crippen molar-refractivity contribution in [1.82, 2.24) is 5.32 Å². The fourth-order valence-corrected chi connectivity index (χ4v) is 2.85. The third-order valence-electron chi connectivity index (χ3n) is 4.37. The van der Waals surface area contributed by atoms with Gasteiger partial charge in [0.25, 0.3) is 0 Å². The van der Waals surface area contributed by atoms with E-state index in [1.807, 2.05) is 44.2 Å². The van der Waals surface area contributed by atoms with Gasteiger partial charge in [-0.25, -0.2) is 4.79 Å². The van der Waals surface area contributed by atoms with Crippen LogP contribution in [0, 0.1) is 5.92 Å². The Bertz CT molecular complexity index is 823. The molecule has 0 aliphatic rings. The Morgan fingerprint density at radius 3 is 2.34 bits per heavy atom. The first kappa shape index (κ1) is 22.2. The molecule has 7 nitrogen and oxygen atoms in total.